The van der Waals surface area contributed by atoms with Crippen molar-refractivity contribution >= 4 is 17.8 Å². The lowest BCUT2D eigenvalue weighted by atomic mass is 9.83. The second kappa shape index (κ2) is 4.96. The molecule has 1 saturated heterocycles. The molecule has 0 aliphatic carbocycles. The lowest BCUT2D eigenvalue weighted by Crippen LogP contribution is -2.46. The lowest BCUT2D eigenvalue weighted by Gasteiger charge is -2.37. The minimum atomic E-state index is -0.953. The van der Waals surface area contributed by atoms with E-state index >= 15 is 0 Å². The highest BCUT2D eigenvalue weighted by Gasteiger charge is 2.41. The van der Waals surface area contributed by atoms with Crippen molar-refractivity contribution in [1.29, 1.82) is 0 Å². The van der Waals surface area contributed by atoms with E-state index in [1.165, 1.54) is 4.90 Å². The molecule has 2 unspecified atom stereocenters. The Balaban J connectivity index is 2.90. The Kier molecular flexibility index (Phi) is 3.98. The molecule has 1 aliphatic rings. The molecule has 3 N–H and O–H groups in total. The first kappa shape index (κ1) is 14.5. The van der Waals surface area contributed by atoms with Gasteiger partial charge in [0.2, 0.25) is 11.8 Å². The molecule has 0 aromatic rings. The van der Waals surface area contributed by atoms with Gasteiger partial charge in [0.15, 0.2) is 0 Å². The third kappa shape index (κ3) is 3.21. The first-order valence-corrected chi connectivity index (χ1v) is 5.93. The van der Waals surface area contributed by atoms with E-state index < -0.39 is 23.8 Å². The van der Waals surface area contributed by atoms with E-state index in [2.05, 4.69) is 0 Å². The second-order valence-electron chi connectivity index (χ2n) is 5.83. The summed E-state index contributed by atoms with van der Waals surface area (Å²) >= 11 is 0. The number of carboxylic acids is 1. The molecule has 0 bridgehead atoms. The maximum Gasteiger partial charge on any atom is 0.305 e. The molecule has 1 heterocycles. The van der Waals surface area contributed by atoms with E-state index in [4.69, 9.17) is 10.8 Å². The number of amides is 2. The Morgan fingerprint density at radius 1 is 1.50 bits per heavy atom. The summed E-state index contributed by atoms with van der Waals surface area (Å²) in [5.41, 5.74) is 4.84. The first-order chi connectivity index (χ1) is 8.12. The summed E-state index contributed by atoms with van der Waals surface area (Å²) in [5.74, 6) is -2.16. The molecule has 0 spiro atoms. The molecule has 1 aliphatic heterocycles. The molecular weight excluding hydrogens is 236 g/mol. The summed E-state index contributed by atoms with van der Waals surface area (Å²) in [7, 11) is 0. The number of likely N-dealkylation sites (tertiary alicyclic amines) is 1. The normalized spacial score (nSPS) is 22.1. The van der Waals surface area contributed by atoms with E-state index in [-0.39, 0.29) is 30.7 Å². The fourth-order valence-electron chi connectivity index (χ4n) is 2.27. The number of carbonyl (C=O) groups excluding carboxylic acids is 2. The molecule has 0 saturated carbocycles. The number of hydrogen-bond donors (Lipinski definition) is 2. The van der Waals surface area contributed by atoms with Gasteiger partial charge in [-0.15, -0.1) is 0 Å². The standard InChI is InChI=1S/C12H20N2O4/c1-12(2,3)8(5-10(16)17)14-6-7(11(13)18)4-9(14)15/h7-8H,4-6H2,1-3H3,(H2,13,18)(H,16,17). The van der Waals surface area contributed by atoms with Gasteiger partial charge in [0.25, 0.3) is 0 Å². The topological polar surface area (TPSA) is 101 Å². The van der Waals surface area contributed by atoms with Gasteiger partial charge in [0.1, 0.15) is 0 Å². The Labute approximate surface area is 106 Å². The van der Waals surface area contributed by atoms with Gasteiger partial charge in [-0.25, -0.2) is 0 Å². The average Bonchev–Trinajstić information content (AvgIpc) is 2.55. The highest BCUT2D eigenvalue weighted by atomic mass is 16.4. The van der Waals surface area contributed by atoms with Gasteiger partial charge in [0, 0.05) is 19.0 Å². The molecule has 1 rings (SSSR count). The monoisotopic (exact) mass is 256 g/mol. The van der Waals surface area contributed by atoms with E-state index in [1.54, 1.807) is 0 Å². The number of aliphatic carboxylic acids is 1. The molecule has 2 amide bonds. The summed E-state index contributed by atoms with van der Waals surface area (Å²) in [6, 6.07) is -0.424. The number of carbonyl (C=O) groups is 3. The van der Waals surface area contributed by atoms with Gasteiger partial charge in [-0.05, 0) is 5.41 Å². The van der Waals surface area contributed by atoms with Crippen LogP contribution in [0.3, 0.4) is 0 Å². The summed E-state index contributed by atoms with van der Waals surface area (Å²) in [6.45, 7) is 5.87. The molecule has 2 atom stereocenters. The number of carboxylic acid groups (broad SMARTS) is 1. The van der Waals surface area contributed by atoms with Crippen molar-refractivity contribution in [2.24, 2.45) is 17.1 Å². The predicted molar refractivity (Wildman–Crippen MR) is 64.5 cm³/mol. The Morgan fingerprint density at radius 3 is 2.39 bits per heavy atom. The summed E-state index contributed by atoms with van der Waals surface area (Å²) in [4.78, 5) is 35.4. The largest absolute Gasteiger partial charge is 0.481 e. The smallest absolute Gasteiger partial charge is 0.305 e. The molecule has 0 aromatic heterocycles. The van der Waals surface area contributed by atoms with E-state index in [1.807, 2.05) is 20.8 Å². The average molecular weight is 256 g/mol. The van der Waals surface area contributed by atoms with Gasteiger partial charge >= 0.3 is 5.97 Å². The fourth-order valence-corrected chi connectivity index (χ4v) is 2.27. The van der Waals surface area contributed by atoms with E-state index in [0.29, 0.717) is 0 Å². The highest BCUT2D eigenvalue weighted by Crippen LogP contribution is 2.31. The zero-order chi connectivity index (χ0) is 14.1. The molecule has 1 fully saturated rings. The van der Waals surface area contributed by atoms with Crippen LogP contribution in [-0.2, 0) is 14.4 Å². The highest BCUT2D eigenvalue weighted by molar-refractivity contribution is 5.88. The SMILES string of the molecule is CC(C)(C)C(CC(=O)O)N1CC(C(N)=O)CC1=O. The zero-order valence-corrected chi connectivity index (χ0v) is 11.0. The molecule has 0 radical (unpaired) electrons. The van der Waals surface area contributed by atoms with Crippen molar-refractivity contribution in [3.63, 3.8) is 0 Å². The quantitative estimate of drug-likeness (QED) is 0.750. The van der Waals surface area contributed by atoms with Crippen LogP contribution < -0.4 is 5.73 Å². The van der Waals surface area contributed by atoms with Crippen LogP contribution in [0.4, 0.5) is 0 Å². The van der Waals surface area contributed by atoms with Gasteiger partial charge in [-0.1, -0.05) is 20.8 Å². The number of hydrogen-bond acceptors (Lipinski definition) is 3. The van der Waals surface area contributed by atoms with Crippen molar-refractivity contribution < 1.29 is 19.5 Å². The van der Waals surface area contributed by atoms with Crippen LogP contribution in [0.25, 0.3) is 0 Å². The maximum absolute atomic E-state index is 11.9. The first-order valence-electron chi connectivity index (χ1n) is 5.93. The van der Waals surface area contributed by atoms with Crippen molar-refractivity contribution in [2.75, 3.05) is 6.54 Å². The van der Waals surface area contributed by atoms with Crippen LogP contribution in [0.1, 0.15) is 33.6 Å². The number of nitrogens with two attached hydrogens (primary N) is 1. The summed E-state index contributed by atoms with van der Waals surface area (Å²) in [5, 5.41) is 8.94. The van der Waals surface area contributed by atoms with Crippen molar-refractivity contribution in [3.05, 3.63) is 0 Å². The molecule has 6 nitrogen and oxygen atoms in total. The van der Waals surface area contributed by atoms with Crippen molar-refractivity contribution in [3.8, 4) is 0 Å². The zero-order valence-electron chi connectivity index (χ0n) is 11.0. The summed E-state index contributed by atoms with van der Waals surface area (Å²) < 4.78 is 0. The minimum Gasteiger partial charge on any atom is -0.481 e. The molecule has 6 heteroatoms. The minimum absolute atomic E-state index is 0.0849. The second-order valence-corrected chi connectivity index (χ2v) is 5.83. The van der Waals surface area contributed by atoms with Crippen LogP contribution in [0, 0.1) is 11.3 Å². The van der Waals surface area contributed by atoms with Gasteiger partial charge < -0.3 is 15.7 Å². The third-order valence-corrected chi connectivity index (χ3v) is 3.30. The van der Waals surface area contributed by atoms with Gasteiger partial charge in [-0.3, -0.25) is 14.4 Å². The van der Waals surface area contributed by atoms with Crippen LogP contribution in [0.15, 0.2) is 0 Å². The van der Waals surface area contributed by atoms with Gasteiger partial charge in [0.05, 0.1) is 12.3 Å². The number of rotatable bonds is 4. The van der Waals surface area contributed by atoms with Crippen LogP contribution >= 0.6 is 0 Å². The Bertz CT molecular complexity index is 373. The van der Waals surface area contributed by atoms with Crippen LogP contribution in [-0.4, -0.2) is 40.4 Å². The Hall–Kier alpha value is -1.59. The molecule has 0 aromatic carbocycles. The van der Waals surface area contributed by atoms with Crippen molar-refractivity contribution in [2.45, 2.75) is 39.7 Å². The van der Waals surface area contributed by atoms with Crippen LogP contribution in [0.2, 0.25) is 0 Å². The Morgan fingerprint density at radius 2 is 2.06 bits per heavy atom. The molecule has 18 heavy (non-hydrogen) atoms. The van der Waals surface area contributed by atoms with Crippen LogP contribution in [0.5, 0.6) is 0 Å². The predicted octanol–water partition coefficient (Wildman–Crippen LogP) is 0.210. The molecular formula is C12H20N2O4. The molecule has 102 valence electrons. The van der Waals surface area contributed by atoms with E-state index in [0.717, 1.165) is 0 Å². The number of nitrogens with zero attached hydrogens (tertiary/aromatic N) is 1. The third-order valence-electron chi connectivity index (χ3n) is 3.30. The number of primary amides is 1. The van der Waals surface area contributed by atoms with E-state index in [9.17, 15) is 14.4 Å². The van der Waals surface area contributed by atoms with Gasteiger partial charge in [-0.2, -0.15) is 0 Å². The lowest BCUT2D eigenvalue weighted by molar-refractivity contribution is -0.141. The maximum atomic E-state index is 11.9. The van der Waals surface area contributed by atoms with Crippen molar-refractivity contribution in [1.82, 2.24) is 4.90 Å². The summed E-state index contributed by atoms with van der Waals surface area (Å²) in [6.07, 6.45) is -0.0394. The fraction of sp³-hybridized carbons (Fsp3) is 0.750.